The van der Waals surface area contributed by atoms with Crippen LogP contribution in [-0.2, 0) is 5.41 Å². The highest BCUT2D eigenvalue weighted by Gasteiger charge is 2.45. The third-order valence-electron chi connectivity index (χ3n) is 5.55. The van der Waals surface area contributed by atoms with Gasteiger partial charge in [0.1, 0.15) is 11.5 Å². The smallest absolute Gasteiger partial charge is 0.127 e. The number of halogens is 1. The number of benzene rings is 2. The number of hydrogen-bond acceptors (Lipinski definition) is 3. The average Bonchev–Trinajstić information content (AvgIpc) is 2.58. The standard InChI is InChI=1S/C21H20FN3/c1-20(2)18-14(9-7-10-15(18)22)19(23-21(20,3)4)17-12-13-8-5-6-11-16(13)24-25-17/h5-12H,1-4H3. The quantitative estimate of drug-likeness (QED) is 0.649. The van der Waals surface area contributed by atoms with E-state index in [4.69, 9.17) is 4.99 Å². The largest absolute Gasteiger partial charge is 0.275 e. The van der Waals surface area contributed by atoms with E-state index in [1.807, 2.05) is 64.1 Å². The van der Waals surface area contributed by atoms with Crippen LogP contribution in [0.15, 0.2) is 53.5 Å². The Balaban J connectivity index is 2.00. The van der Waals surface area contributed by atoms with Gasteiger partial charge in [0.2, 0.25) is 0 Å². The van der Waals surface area contributed by atoms with Crippen molar-refractivity contribution >= 4 is 16.6 Å². The maximum atomic E-state index is 14.8. The van der Waals surface area contributed by atoms with Crippen LogP contribution in [0.4, 0.5) is 4.39 Å². The van der Waals surface area contributed by atoms with Gasteiger partial charge >= 0.3 is 0 Å². The van der Waals surface area contributed by atoms with Crippen molar-refractivity contribution in [1.29, 1.82) is 0 Å². The Morgan fingerprint density at radius 1 is 0.880 bits per heavy atom. The van der Waals surface area contributed by atoms with Gasteiger partial charge < -0.3 is 0 Å². The van der Waals surface area contributed by atoms with Crippen molar-refractivity contribution < 1.29 is 4.39 Å². The van der Waals surface area contributed by atoms with Crippen molar-refractivity contribution in [3.05, 3.63) is 71.2 Å². The summed E-state index contributed by atoms with van der Waals surface area (Å²) < 4.78 is 14.8. The van der Waals surface area contributed by atoms with Gasteiger partial charge in [0.05, 0.1) is 16.8 Å². The minimum Gasteiger partial charge on any atom is -0.275 e. The molecule has 0 atom stereocenters. The van der Waals surface area contributed by atoms with E-state index < -0.39 is 11.0 Å². The molecule has 1 aliphatic heterocycles. The molecule has 0 radical (unpaired) electrons. The highest BCUT2D eigenvalue weighted by atomic mass is 19.1. The number of nitrogens with zero attached hydrogens (tertiary/aromatic N) is 3. The maximum absolute atomic E-state index is 14.8. The van der Waals surface area contributed by atoms with Crippen molar-refractivity contribution in [2.24, 2.45) is 4.99 Å². The van der Waals surface area contributed by atoms with Gasteiger partial charge in [-0.25, -0.2) is 4.39 Å². The molecule has 2 aromatic carbocycles. The molecule has 0 bridgehead atoms. The van der Waals surface area contributed by atoms with Gasteiger partial charge in [0, 0.05) is 21.9 Å². The molecule has 25 heavy (non-hydrogen) atoms. The van der Waals surface area contributed by atoms with E-state index in [0.717, 1.165) is 16.5 Å². The van der Waals surface area contributed by atoms with Gasteiger partial charge in [-0.15, -0.1) is 10.2 Å². The molecule has 2 heterocycles. The Bertz CT molecular complexity index is 1020. The van der Waals surface area contributed by atoms with Crippen LogP contribution < -0.4 is 0 Å². The molecule has 0 saturated carbocycles. The molecule has 0 unspecified atom stereocenters. The molecule has 0 saturated heterocycles. The van der Waals surface area contributed by atoms with Crippen LogP contribution in [0.25, 0.3) is 10.9 Å². The Morgan fingerprint density at radius 2 is 1.64 bits per heavy atom. The summed E-state index contributed by atoms with van der Waals surface area (Å²) in [5.74, 6) is -0.197. The van der Waals surface area contributed by atoms with Crippen molar-refractivity contribution in [1.82, 2.24) is 10.2 Å². The van der Waals surface area contributed by atoms with E-state index in [9.17, 15) is 4.39 Å². The Morgan fingerprint density at radius 3 is 2.44 bits per heavy atom. The van der Waals surface area contributed by atoms with Crippen molar-refractivity contribution in [2.75, 3.05) is 0 Å². The van der Waals surface area contributed by atoms with Crippen LogP contribution in [0, 0.1) is 5.82 Å². The van der Waals surface area contributed by atoms with Crippen molar-refractivity contribution in [2.45, 2.75) is 38.6 Å². The summed E-state index contributed by atoms with van der Waals surface area (Å²) in [6, 6.07) is 15.0. The monoisotopic (exact) mass is 333 g/mol. The Hall–Kier alpha value is -2.62. The lowest BCUT2D eigenvalue weighted by Crippen LogP contribution is -2.47. The first-order chi connectivity index (χ1) is 11.8. The molecule has 0 aliphatic carbocycles. The molecule has 1 aromatic heterocycles. The lowest BCUT2D eigenvalue weighted by molar-refractivity contribution is 0.293. The average molecular weight is 333 g/mol. The minimum atomic E-state index is -0.467. The zero-order chi connectivity index (χ0) is 17.8. The Kier molecular flexibility index (Phi) is 3.29. The van der Waals surface area contributed by atoms with Crippen LogP contribution in [-0.4, -0.2) is 21.4 Å². The van der Waals surface area contributed by atoms with Crippen molar-refractivity contribution in [3.63, 3.8) is 0 Å². The second-order valence-electron chi connectivity index (χ2n) is 7.60. The second-order valence-corrected chi connectivity index (χ2v) is 7.60. The summed E-state index contributed by atoms with van der Waals surface area (Å²) in [4.78, 5) is 4.97. The van der Waals surface area contributed by atoms with E-state index in [2.05, 4.69) is 10.2 Å². The van der Waals surface area contributed by atoms with E-state index >= 15 is 0 Å². The lowest BCUT2D eigenvalue weighted by atomic mass is 9.65. The molecule has 0 spiro atoms. The molecular formula is C21H20FN3. The van der Waals surface area contributed by atoms with E-state index in [-0.39, 0.29) is 5.82 Å². The van der Waals surface area contributed by atoms with Crippen LogP contribution in [0.2, 0.25) is 0 Å². The highest BCUT2D eigenvalue weighted by molar-refractivity contribution is 6.14. The van der Waals surface area contributed by atoms with Crippen molar-refractivity contribution in [3.8, 4) is 0 Å². The maximum Gasteiger partial charge on any atom is 0.127 e. The van der Waals surface area contributed by atoms with E-state index in [1.165, 1.54) is 6.07 Å². The minimum absolute atomic E-state index is 0.197. The molecule has 3 nitrogen and oxygen atoms in total. The summed E-state index contributed by atoms with van der Waals surface area (Å²) in [7, 11) is 0. The first kappa shape index (κ1) is 15.9. The van der Waals surface area contributed by atoms with E-state index in [0.29, 0.717) is 17.0 Å². The van der Waals surface area contributed by atoms with Gasteiger partial charge in [-0.1, -0.05) is 44.2 Å². The molecule has 4 heteroatoms. The zero-order valence-corrected chi connectivity index (χ0v) is 14.8. The fourth-order valence-corrected chi connectivity index (χ4v) is 3.44. The first-order valence-corrected chi connectivity index (χ1v) is 8.43. The summed E-state index contributed by atoms with van der Waals surface area (Å²) in [6.45, 7) is 8.16. The first-order valence-electron chi connectivity index (χ1n) is 8.43. The normalized spacial score (nSPS) is 17.9. The van der Waals surface area contributed by atoms with Crippen LogP contribution in [0.3, 0.4) is 0 Å². The fourth-order valence-electron chi connectivity index (χ4n) is 3.44. The molecule has 0 N–H and O–H groups in total. The molecule has 0 fully saturated rings. The number of aromatic nitrogens is 2. The van der Waals surface area contributed by atoms with Crippen LogP contribution >= 0.6 is 0 Å². The van der Waals surface area contributed by atoms with Gasteiger partial charge in [-0.3, -0.25) is 4.99 Å². The van der Waals surface area contributed by atoms with Crippen LogP contribution in [0.5, 0.6) is 0 Å². The summed E-state index contributed by atoms with van der Waals surface area (Å²) in [5.41, 5.74) is 2.81. The molecule has 3 aromatic rings. The number of hydrogen-bond donors (Lipinski definition) is 0. The summed E-state index contributed by atoms with van der Waals surface area (Å²) in [6.07, 6.45) is 0. The third kappa shape index (κ3) is 2.28. The SMILES string of the molecule is CC1(C)N=C(c2cc3ccccc3nn2)c2cccc(F)c2C1(C)C. The predicted molar refractivity (Wildman–Crippen MR) is 98.7 cm³/mol. The Labute approximate surface area is 146 Å². The van der Waals surface area contributed by atoms with Gasteiger partial charge in [-0.05, 0) is 32.0 Å². The zero-order valence-electron chi connectivity index (χ0n) is 14.8. The van der Waals surface area contributed by atoms with Gasteiger partial charge in [0.25, 0.3) is 0 Å². The summed E-state index contributed by atoms with van der Waals surface area (Å²) >= 11 is 0. The number of rotatable bonds is 1. The second kappa shape index (κ2) is 5.19. The number of fused-ring (bicyclic) bond motifs is 2. The van der Waals surface area contributed by atoms with Crippen LogP contribution in [0.1, 0.15) is 44.5 Å². The lowest BCUT2D eigenvalue weighted by Gasteiger charge is -2.44. The molecule has 0 amide bonds. The topological polar surface area (TPSA) is 38.1 Å². The third-order valence-corrected chi connectivity index (χ3v) is 5.55. The van der Waals surface area contributed by atoms with E-state index in [1.54, 1.807) is 6.07 Å². The molecular weight excluding hydrogens is 313 g/mol. The molecule has 4 rings (SSSR count). The summed E-state index contributed by atoms with van der Waals surface area (Å²) in [5, 5.41) is 9.68. The molecule has 1 aliphatic rings. The predicted octanol–water partition coefficient (Wildman–Crippen LogP) is 4.68. The van der Waals surface area contributed by atoms with Gasteiger partial charge in [-0.2, -0.15) is 0 Å². The highest BCUT2D eigenvalue weighted by Crippen LogP contribution is 2.44. The molecule has 126 valence electrons. The van der Waals surface area contributed by atoms with Gasteiger partial charge in [0.15, 0.2) is 0 Å². The number of aliphatic imine (C=N–C) groups is 1. The fraction of sp³-hybridized carbons (Fsp3) is 0.286.